The maximum absolute atomic E-state index is 12.7. The van der Waals surface area contributed by atoms with Crippen molar-refractivity contribution < 1.29 is 14.3 Å². The number of anilines is 1. The molecule has 0 unspecified atom stereocenters. The summed E-state index contributed by atoms with van der Waals surface area (Å²) in [6.07, 6.45) is 1.50. The first-order valence-electron chi connectivity index (χ1n) is 7.89. The summed E-state index contributed by atoms with van der Waals surface area (Å²) in [5, 5.41) is 0. The molecule has 0 saturated heterocycles. The number of hydrogen-bond donors (Lipinski definition) is 0. The maximum Gasteiger partial charge on any atom is 0.259 e. The lowest BCUT2D eigenvalue weighted by atomic mass is 10.2. The molecule has 1 aromatic heterocycles. The Hall–Kier alpha value is -2.86. The van der Waals surface area contributed by atoms with E-state index in [2.05, 4.69) is 20.9 Å². The predicted octanol–water partition coefficient (Wildman–Crippen LogP) is 4.92. The zero-order chi connectivity index (χ0) is 18.5. The van der Waals surface area contributed by atoms with Crippen LogP contribution >= 0.6 is 15.9 Å². The number of rotatable bonds is 5. The predicted molar refractivity (Wildman–Crippen MR) is 104 cm³/mol. The van der Waals surface area contributed by atoms with Crippen LogP contribution in [0.15, 0.2) is 71.3 Å². The number of aromatic nitrogens is 1. The Morgan fingerprint density at radius 3 is 2.35 bits per heavy atom. The van der Waals surface area contributed by atoms with Gasteiger partial charge in [-0.15, -0.1) is 0 Å². The second-order valence-corrected chi connectivity index (χ2v) is 6.31. The van der Waals surface area contributed by atoms with Crippen molar-refractivity contribution in [3.05, 3.63) is 76.9 Å². The van der Waals surface area contributed by atoms with Crippen molar-refractivity contribution in [2.75, 3.05) is 19.1 Å². The van der Waals surface area contributed by atoms with Crippen LogP contribution in [0.4, 0.5) is 5.69 Å². The van der Waals surface area contributed by atoms with Crippen LogP contribution in [0.5, 0.6) is 17.4 Å². The van der Waals surface area contributed by atoms with Crippen molar-refractivity contribution in [2.24, 2.45) is 0 Å². The number of amides is 1. The van der Waals surface area contributed by atoms with Gasteiger partial charge in [0.05, 0.1) is 22.8 Å². The first kappa shape index (κ1) is 17.9. The first-order chi connectivity index (χ1) is 12.6. The Kier molecular flexibility index (Phi) is 5.53. The SMILES string of the molecule is COc1ccccc1N(C)C(=O)c1ccc(Oc2ccccc2Br)nc1. The van der Waals surface area contributed by atoms with Crippen LogP contribution in [0.25, 0.3) is 0 Å². The van der Waals surface area contributed by atoms with Crippen LogP contribution in [-0.4, -0.2) is 25.0 Å². The van der Waals surface area contributed by atoms with Gasteiger partial charge in [0.15, 0.2) is 0 Å². The van der Waals surface area contributed by atoms with Crippen molar-refractivity contribution in [3.63, 3.8) is 0 Å². The Balaban J connectivity index is 1.77. The molecule has 0 fully saturated rings. The molecule has 3 aromatic rings. The molecule has 0 saturated carbocycles. The molecular formula is C20H17BrN2O3. The van der Waals surface area contributed by atoms with Gasteiger partial charge in [0, 0.05) is 19.3 Å². The third-order valence-corrected chi connectivity index (χ3v) is 4.44. The van der Waals surface area contributed by atoms with Gasteiger partial charge in [-0.1, -0.05) is 24.3 Å². The molecule has 2 aromatic carbocycles. The fraction of sp³-hybridized carbons (Fsp3) is 0.100. The van der Waals surface area contributed by atoms with Crippen LogP contribution in [0, 0.1) is 0 Å². The molecule has 5 nitrogen and oxygen atoms in total. The van der Waals surface area contributed by atoms with Crippen LogP contribution < -0.4 is 14.4 Å². The topological polar surface area (TPSA) is 51.7 Å². The highest BCUT2D eigenvalue weighted by Crippen LogP contribution is 2.29. The molecule has 132 valence electrons. The van der Waals surface area contributed by atoms with Gasteiger partial charge in [0.25, 0.3) is 5.91 Å². The van der Waals surface area contributed by atoms with Gasteiger partial charge in [0.1, 0.15) is 11.5 Å². The zero-order valence-corrected chi connectivity index (χ0v) is 15.9. The number of pyridine rings is 1. The number of carbonyl (C=O) groups is 1. The van der Waals surface area contributed by atoms with Crippen molar-refractivity contribution in [2.45, 2.75) is 0 Å². The van der Waals surface area contributed by atoms with Gasteiger partial charge >= 0.3 is 0 Å². The van der Waals surface area contributed by atoms with E-state index < -0.39 is 0 Å². The monoisotopic (exact) mass is 412 g/mol. The fourth-order valence-corrected chi connectivity index (χ4v) is 2.78. The van der Waals surface area contributed by atoms with Crippen LogP contribution in [-0.2, 0) is 0 Å². The van der Waals surface area contributed by atoms with E-state index in [1.54, 1.807) is 26.3 Å². The fourth-order valence-electron chi connectivity index (χ4n) is 2.42. The molecule has 0 atom stereocenters. The first-order valence-corrected chi connectivity index (χ1v) is 8.69. The van der Waals surface area contributed by atoms with Gasteiger partial charge in [0.2, 0.25) is 5.88 Å². The lowest BCUT2D eigenvalue weighted by Gasteiger charge is -2.19. The minimum absolute atomic E-state index is 0.186. The summed E-state index contributed by atoms with van der Waals surface area (Å²) in [5.41, 5.74) is 1.14. The van der Waals surface area contributed by atoms with E-state index in [9.17, 15) is 4.79 Å². The van der Waals surface area contributed by atoms with Gasteiger partial charge in [-0.3, -0.25) is 4.79 Å². The molecule has 1 amide bonds. The summed E-state index contributed by atoms with van der Waals surface area (Å²) in [4.78, 5) is 18.5. The molecule has 0 N–H and O–H groups in total. The standard InChI is InChI=1S/C20H17BrN2O3/c1-23(16-8-4-6-10-18(16)25-2)20(24)14-11-12-19(22-13-14)26-17-9-5-3-7-15(17)21/h3-13H,1-2H3. The largest absolute Gasteiger partial charge is 0.495 e. The number of carbonyl (C=O) groups excluding carboxylic acids is 1. The number of nitrogens with zero attached hydrogens (tertiary/aromatic N) is 2. The summed E-state index contributed by atoms with van der Waals surface area (Å²) in [7, 11) is 3.28. The average Bonchev–Trinajstić information content (AvgIpc) is 2.69. The van der Waals surface area contributed by atoms with Crippen molar-refractivity contribution in [1.29, 1.82) is 0 Å². The molecule has 1 heterocycles. The smallest absolute Gasteiger partial charge is 0.259 e. The molecule has 0 bridgehead atoms. The highest BCUT2D eigenvalue weighted by Gasteiger charge is 2.17. The Morgan fingerprint density at radius 1 is 1.00 bits per heavy atom. The van der Waals surface area contributed by atoms with Gasteiger partial charge in [-0.05, 0) is 46.3 Å². The Bertz CT molecular complexity index is 913. The zero-order valence-electron chi connectivity index (χ0n) is 14.3. The molecule has 0 radical (unpaired) electrons. The summed E-state index contributed by atoms with van der Waals surface area (Å²) < 4.78 is 11.9. The number of methoxy groups -OCH3 is 1. The minimum Gasteiger partial charge on any atom is -0.495 e. The van der Waals surface area contributed by atoms with Crippen molar-refractivity contribution >= 4 is 27.5 Å². The molecule has 0 aliphatic carbocycles. The van der Waals surface area contributed by atoms with E-state index in [-0.39, 0.29) is 5.91 Å². The van der Waals surface area contributed by atoms with Crippen molar-refractivity contribution in [1.82, 2.24) is 4.98 Å². The lowest BCUT2D eigenvalue weighted by molar-refractivity contribution is 0.0992. The number of halogens is 1. The summed E-state index contributed by atoms with van der Waals surface area (Å²) in [6, 6.07) is 18.2. The lowest BCUT2D eigenvalue weighted by Crippen LogP contribution is -2.26. The van der Waals surface area contributed by atoms with Gasteiger partial charge in [-0.25, -0.2) is 4.98 Å². The van der Waals surface area contributed by atoms with E-state index in [1.165, 1.54) is 11.1 Å². The van der Waals surface area contributed by atoms with E-state index in [1.807, 2.05) is 48.5 Å². The molecule has 0 aliphatic heterocycles. The normalized spacial score (nSPS) is 10.3. The average molecular weight is 413 g/mol. The molecule has 26 heavy (non-hydrogen) atoms. The molecule has 3 rings (SSSR count). The quantitative estimate of drug-likeness (QED) is 0.596. The second-order valence-electron chi connectivity index (χ2n) is 5.45. The third kappa shape index (κ3) is 3.86. The molecule has 6 heteroatoms. The van der Waals surface area contributed by atoms with E-state index in [4.69, 9.17) is 9.47 Å². The summed E-state index contributed by atoms with van der Waals surface area (Å²) in [5.74, 6) is 1.51. The number of para-hydroxylation sites is 3. The highest BCUT2D eigenvalue weighted by molar-refractivity contribution is 9.10. The summed E-state index contributed by atoms with van der Waals surface area (Å²) in [6.45, 7) is 0. The third-order valence-electron chi connectivity index (χ3n) is 3.79. The van der Waals surface area contributed by atoms with Crippen LogP contribution in [0.1, 0.15) is 10.4 Å². The maximum atomic E-state index is 12.7. The van der Waals surface area contributed by atoms with Crippen molar-refractivity contribution in [3.8, 4) is 17.4 Å². The Morgan fingerprint density at radius 2 is 1.69 bits per heavy atom. The minimum atomic E-state index is -0.186. The molecule has 0 spiro atoms. The summed E-state index contributed by atoms with van der Waals surface area (Å²) >= 11 is 3.42. The molecular weight excluding hydrogens is 396 g/mol. The highest BCUT2D eigenvalue weighted by atomic mass is 79.9. The van der Waals surface area contributed by atoms with Crippen LogP contribution in [0.3, 0.4) is 0 Å². The van der Waals surface area contributed by atoms with Gasteiger partial charge in [-0.2, -0.15) is 0 Å². The van der Waals surface area contributed by atoms with E-state index in [0.29, 0.717) is 28.6 Å². The molecule has 0 aliphatic rings. The van der Waals surface area contributed by atoms with Crippen LogP contribution in [0.2, 0.25) is 0 Å². The Labute approximate surface area is 160 Å². The van der Waals surface area contributed by atoms with E-state index >= 15 is 0 Å². The second kappa shape index (κ2) is 8.01. The number of hydrogen-bond acceptors (Lipinski definition) is 4. The van der Waals surface area contributed by atoms with Gasteiger partial charge < -0.3 is 14.4 Å². The van der Waals surface area contributed by atoms with E-state index in [0.717, 1.165) is 4.47 Å². The number of ether oxygens (including phenoxy) is 2. The number of benzene rings is 2.